The van der Waals surface area contributed by atoms with E-state index in [4.69, 9.17) is 9.15 Å². The fourth-order valence-electron chi connectivity index (χ4n) is 2.40. The molecule has 0 aliphatic rings. The van der Waals surface area contributed by atoms with Crippen LogP contribution in [0.5, 0.6) is 0 Å². The molecule has 0 spiro atoms. The number of thioether (sulfide) groups is 1. The molecule has 0 aliphatic heterocycles. The summed E-state index contributed by atoms with van der Waals surface area (Å²) in [6.45, 7) is 6.29. The number of carbonyl (C=O) groups excluding carboxylic acids is 2. The van der Waals surface area contributed by atoms with Crippen molar-refractivity contribution in [2.24, 2.45) is 0 Å². The number of carbonyl (C=O) groups is 2. The second-order valence-electron chi connectivity index (χ2n) is 5.73. The minimum Gasteiger partial charge on any atom is -0.461 e. The maximum absolute atomic E-state index is 11.9. The molecule has 2 aromatic rings. The zero-order chi connectivity index (χ0) is 18.9. The topological polar surface area (TPSA) is 99.2 Å². The summed E-state index contributed by atoms with van der Waals surface area (Å²) in [5.41, 5.74) is 0. The van der Waals surface area contributed by atoms with Gasteiger partial charge in [0.15, 0.2) is 23.3 Å². The average Bonchev–Trinajstić information content (AvgIpc) is 3.26. The van der Waals surface area contributed by atoms with Gasteiger partial charge < -0.3 is 14.5 Å². The van der Waals surface area contributed by atoms with Crippen LogP contribution in [0.25, 0.3) is 11.6 Å². The van der Waals surface area contributed by atoms with E-state index < -0.39 is 5.97 Å². The SMILES string of the molecule is CCC[C@@H](C)NC(=O)COC(=O)CSc1nnc(-c2ccco2)n1CC. The zero-order valence-corrected chi connectivity index (χ0v) is 16.0. The molecular weight excluding hydrogens is 356 g/mol. The van der Waals surface area contributed by atoms with Gasteiger partial charge >= 0.3 is 5.97 Å². The van der Waals surface area contributed by atoms with E-state index in [1.165, 1.54) is 11.8 Å². The minimum absolute atomic E-state index is 0.0497. The lowest BCUT2D eigenvalue weighted by Gasteiger charge is -2.12. The second-order valence-corrected chi connectivity index (χ2v) is 6.68. The summed E-state index contributed by atoms with van der Waals surface area (Å²) in [6, 6.07) is 3.65. The van der Waals surface area contributed by atoms with E-state index in [1.807, 2.05) is 25.3 Å². The third kappa shape index (κ3) is 5.62. The van der Waals surface area contributed by atoms with Crippen molar-refractivity contribution in [2.75, 3.05) is 12.4 Å². The van der Waals surface area contributed by atoms with Gasteiger partial charge in [0, 0.05) is 12.6 Å². The standard InChI is InChI=1S/C17H24N4O4S/c1-4-7-12(3)18-14(22)10-25-15(23)11-26-17-20-19-16(21(17)5-2)13-8-6-9-24-13/h6,8-9,12H,4-5,7,10-11H2,1-3H3,(H,18,22)/t12-/m1/s1. The van der Waals surface area contributed by atoms with Crippen LogP contribution < -0.4 is 5.32 Å². The third-order valence-electron chi connectivity index (χ3n) is 3.59. The van der Waals surface area contributed by atoms with Crippen LogP contribution in [-0.4, -0.2) is 45.0 Å². The van der Waals surface area contributed by atoms with Crippen LogP contribution in [0, 0.1) is 0 Å². The summed E-state index contributed by atoms with van der Waals surface area (Å²) >= 11 is 1.21. The van der Waals surface area contributed by atoms with Crippen molar-refractivity contribution in [2.45, 2.75) is 51.4 Å². The first kappa shape index (κ1) is 20.0. The van der Waals surface area contributed by atoms with Gasteiger partial charge in [-0.3, -0.25) is 14.2 Å². The van der Waals surface area contributed by atoms with E-state index in [9.17, 15) is 9.59 Å². The van der Waals surface area contributed by atoms with E-state index in [0.717, 1.165) is 12.8 Å². The van der Waals surface area contributed by atoms with Gasteiger partial charge in [0.1, 0.15) is 0 Å². The van der Waals surface area contributed by atoms with Crippen molar-refractivity contribution in [3.05, 3.63) is 18.4 Å². The molecular formula is C17H24N4O4S. The number of nitrogens with zero attached hydrogens (tertiary/aromatic N) is 3. The van der Waals surface area contributed by atoms with Gasteiger partial charge in [0.25, 0.3) is 5.91 Å². The number of hydrogen-bond acceptors (Lipinski definition) is 7. The Morgan fingerprint density at radius 3 is 2.85 bits per heavy atom. The fraction of sp³-hybridized carbons (Fsp3) is 0.529. The maximum atomic E-state index is 11.9. The molecule has 142 valence electrons. The Bertz CT molecular complexity index is 714. The van der Waals surface area contributed by atoms with Crippen molar-refractivity contribution in [1.82, 2.24) is 20.1 Å². The number of hydrogen-bond donors (Lipinski definition) is 1. The number of rotatable bonds is 10. The molecule has 9 heteroatoms. The predicted octanol–water partition coefficient (Wildman–Crippen LogP) is 2.50. The minimum atomic E-state index is -0.474. The first-order valence-electron chi connectivity index (χ1n) is 8.60. The molecule has 0 unspecified atom stereocenters. The highest BCUT2D eigenvalue weighted by atomic mass is 32.2. The summed E-state index contributed by atoms with van der Waals surface area (Å²) in [6.07, 6.45) is 3.44. The largest absolute Gasteiger partial charge is 0.461 e. The molecule has 0 fully saturated rings. The number of esters is 1. The molecule has 8 nitrogen and oxygen atoms in total. The normalized spacial score (nSPS) is 12.0. The Labute approximate surface area is 156 Å². The van der Waals surface area contributed by atoms with Gasteiger partial charge in [-0.25, -0.2) is 0 Å². The molecule has 2 rings (SSSR count). The van der Waals surface area contributed by atoms with Gasteiger partial charge in [-0.1, -0.05) is 25.1 Å². The van der Waals surface area contributed by atoms with E-state index >= 15 is 0 Å². The number of nitrogens with one attached hydrogen (secondary N) is 1. The van der Waals surface area contributed by atoms with E-state index in [2.05, 4.69) is 15.5 Å². The van der Waals surface area contributed by atoms with Crippen molar-refractivity contribution < 1.29 is 18.7 Å². The monoisotopic (exact) mass is 380 g/mol. The van der Waals surface area contributed by atoms with Crippen molar-refractivity contribution >= 4 is 23.6 Å². The number of ether oxygens (including phenoxy) is 1. The Hall–Kier alpha value is -2.29. The Balaban J connectivity index is 1.81. The van der Waals surface area contributed by atoms with Gasteiger partial charge in [-0.05, 0) is 32.4 Å². The Kier molecular flexibility index (Phi) is 7.71. The molecule has 1 atom stereocenters. The quantitative estimate of drug-likeness (QED) is 0.499. The van der Waals surface area contributed by atoms with E-state index in [0.29, 0.717) is 23.3 Å². The van der Waals surface area contributed by atoms with Crippen LogP contribution in [0.2, 0.25) is 0 Å². The predicted molar refractivity (Wildman–Crippen MR) is 97.6 cm³/mol. The lowest BCUT2D eigenvalue weighted by atomic mass is 10.2. The molecule has 1 amide bonds. The number of amides is 1. The molecule has 0 bridgehead atoms. The van der Waals surface area contributed by atoms with Gasteiger partial charge in [0.2, 0.25) is 0 Å². The highest BCUT2D eigenvalue weighted by Crippen LogP contribution is 2.24. The van der Waals surface area contributed by atoms with E-state index in [-0.39, 0.29) is 24.3 Å². The van der Waals surface area contributed by atoms with Crippen molar-refractivity contribution in [3.63, 3.8) is 0 Å². The number of aromatic nitrogens is 3. The summed E-state index contributed by atoms with van der Waals surface area (Å²) in [5, 5.41) is 11.6. The van der Waals surface area contributed by atoms with Crippen LogP contribution in [0.4, 0.5) is 0 Å². The first-order chi connectivity index (χ1) is 12.5. The molecule has 0 aliphatic carbocycles. The molecule has 1 N–H and O–H groups in total. The average molecular weight is 380 g/mol. The van der Waals surface area contributed by atoms with Gasteiger partial charge in [-0.2, -0.15) is 0 Å². The fourth-order valence-corrected chi connectivity index (χ4v) is 3.20. The molecule has 0 saturated heterocycles. The number of furan rings is 1. The highest BCUT2D eigenvalue weighted by Gasteiger charge is 2.17. The van der Waals surface area contributed by atoms with Gasteiger partial charge in [-0.15, -0.1) is 10.2 Å². The Morgan fingerprint density at radius 2 is 2.19 bits per heavy atom. The summed E-state index contributed by atoms with van der Waals surface area (Å²) in [5.74, 6) is 0.512. The third-order valence-corrected chi connectivity index (χ3v) is 4.53. The molecule has 26 heavy (non-hydrogen) atoms. The lowest BCUT2D eigenvalue weighted by molar-refractivity contribution is -0.146. The van der Waals surface area contributed by atoms with Gasteiger partial charge in [0.05, 0.1) is 12.0 Å². The van der Waals surface area contributed by atoms with Crippen LogP contribution in [-0.2, 0) is 20.9 Å². The van der Waals surface area contributed by atoms with Crippen LogP contribution in [0.3, 0.4) is 0 Å². The Morgan fingerprint density at radius 1 is 1.38 bits per heavy atom. The molecule has 2 aromatic heterocycles. The first-order valence-corrected chi connectivity index (χ1v) is 9.58. The smallest absolute Gasteiger partial charge is 0.316 e. The van der Waals surface area contributed by atoms with Crippen LogP contribution in [0.1, 0.15) is 33.6 Å². The van der Waals surface area contributed by atoms with Crippen molar-refractivity contribution in [1.29, 1.82) is 0 Å². The van der Waals surface area contributed by atoms with Crippen LogP contribution >= 0.6 is 11.8 Å². The summed E-state index contributed by atoms with van der Waals surface area (Å²) in [7, 11) is 0. The maximum Gasteiger partial charge on any atom is 0.316 e. The molecule has 2 heterocycles. The van der Waals surface area contributed by atoms with Crippen LogP contribution in [0.15, 0.2) is 28.0 Å². The molecule has 0 aromatic carbocycles. The lowest BCUT2D eigenvalue weighted by Crippen LogP contribution is -2.35. The zero-order valence-electron chi connectivity index (χ0n) is 15.2. The van der Waals surface area contributed by atoms with Crippen molar-refractivity contribution in [3.8, 4) is 11.6 Å². The summed E-state index contributed by atoms with van der Waals surface area (Å²) in [4.78, 5) is 23.6. The highest BCUT2D eigenvalue weighted by molar-refractivity contribution is 7.99. The van der Waals surface area contributed by atoms with E-state index in [1.54, 1.807) is 18.4 Å². The molecule has 0 radical (unpaired) electrons. The second kappa shape index (κ2) is 10.0. The summed E-state index contributed by atoms with van der Waals surface area (Å²) < 4.78 is 12.2. The molecule has 0 saturated carbocycles.